The van der Waals surface area contributed by atoms with E-state index in [0.717, 1.165) is 41.6 Å². The average molecular weight is 282 g/mol. The summed E-state index contributed by atoms with van der Waals surface area (Å²) in [6.07, 6.45) is 3.89. The third-order valence-corrected chi connectivity index (χ3v) is 4.74. The lowest BCUT2D eigenvalue weighted by molar-refractivity contribution is 0.0780. The molecule has 1 aliphatic carbocycles. The Morgan fingerprint density at radius 2 is 2.05 bits per heavy atom. The van der Waals surface area contributed by atoms with Gasteiger partial charge in [0.15, 0.2) is 0 Å². The summed E-state index contributed by atoms with van der Waals surface area (Å²) in [4.78, 5) is 14.9. The molecule has 1 aliphatic heterocycles. The molecule has 1 aromatic carbocycles. The average Bonchev–Trinajstić information content (AvgIpc) is 3.06. The number of fused-ring (bicyclic) bond motifs is 1. The summed E-state index contributed by atoms with van der Waals surface area (Å²) in [5.74, 6) is 7.46. The zero-order valence-corrected chi connectivity index (χ0v) is 12.6. The summed E-state index contributed by atoms with van der Waals surface area (Å²) in [6.45, 7) is 4.16. The van der Waals surface area contributed by atoms with Crippen LogP contribution < -0.4 is 5.73 Å². The molecule has 21 heavy (non-hydrogen) atoms. The highest BCUT2D eigenvalue weighted by Gasteiger charge is 2.38. The van der Waals surface area contributed by atoms with Crippen molar-refractivity contribution in [3.05, 3.63) is 34.9 Å². The van der Waals surface area contributed by atoms with Gasteiger partial charge in [0.2, 0.25) is 0 Å². The number of amides is 1. The fourth-order valence-corrected chi connectivity index (χ4v) is 3.66. The molecule has 110 valence electrons. The predicted octanol–water partition coefficient (Wildman–Crippen LogP) is 2.18. The Labute approximate surface area is 126 Å². The van der Waals surface area contributed by atoms with E-state index in [0.29, 0.717) is 6.54 Å². The van der Waals surface area contributed by atoms with E-state index < -0.39 is 0 Å². The lowest BCUT2D eigenvalue weighted by Crippen LogP contribution is -2.30. The number of benzene rings is 1. The summed E-state index contributed by atoms with van der Waals surface area (Å²) in [7, 11) is 0. The van der Waals surface area contributed by atoms with E-state index >= 15 is 0 Å². The van der Waals surface area contributed by atoms with Crippen molar-refractivity contribution in [2.75, 3.05) is 19.6 Å². The van der Waals surface area contributed by atoms with Gasteiger partial charge in [0.05, 0.1) is 12.1 Å². The van der Waals surface area contributed by atoms with E-state index in [-0.39, 0.29) is 5.91 Å². The van der Waals surface area contributed by atoms with Gasteiger partial charge < -0.3 is 10.6 Å². The van der Waals surface area contributed by atoms with Crippen molar-refractivity contribution < 1.29 is 4.79 Å². The van der Waals surface area contributed by atoms with E-state index in [1.54, 1.807) is 0 Å². The van der Waals surface area contributed by atoms with Gasteiger partial charge in [-0.2, -0.15) is 0 Å². The molecule has 0 radical (unpaired) electrons. The fraction of sp³-hybridized carbons (Fsp3) is 0.500. The quantitative estimate of drug-likeness (QED) is 0.803. The Kier molecular flexibility index (Phi) is 3.98. The lowest BCUT2D eigenvalue weighted by atomic mass is 10.0. The molecule has 1 amide bonds. The molecule has 1 heterocycles. The summed E-state index contributed by atoms with van der Waals surface area (Å²) in [5, 5.41) is 0. The first-order valence-corrected chi connectivity index (χ1v) is 7.78. The van der Waals surface area contributed by atoms with Crippen LogP contribution in [0.2, 0.25) is 0 Å². The second kappa shape index (κ2) is 5.91. The van der Waals surface area contributed by atoms with Gasteiger partial charge in [-0.05, 0) is 43.7 Å². The van der Waals surface area contributed by atoms with Crippen molar-refractivity contribution in [1.82, 2.24) is 4.90 Å². The topological polar surface area (TPSA) is 46.3 Å². The van der Waals surface area contributed by atoms with E-state index in [1.807, 2.05) is 30.0 Å². The minimum Gasteiger partial charge on any atom is -0.338 e. The third kappa shape index (κ3) is 2.82. The molecular formula is C18H22N2O. The molecular weight excluding hydrogens is 260 g/mol. The van der Waals surface area contributed by atoms with Crippen molar-refractivity contribution in [2.45, 2.75) is 26.2 Å². The van der Waals surface area contributed by atoms with E-state index in [9.17, 15) is 4.79 Å². The monoisotopic (exact) mass is 282 g/mol. The van der Waals surface area contributed by atoms with Crippen LogP contribution in [0.1, 0.15) is 40.7 Å². The second-order valence-corrected chi connectivity index (χ2v) is 6.22. The Hall–Kier alpha value is -1.79. The van der Waals surface area contributed by atoms with Crippen molar-refractivity contribution in [1.29, 1.82) is 0 Å². The number of carbonyl (C=O) groups is 1. The Bertz CT molecular complexity index is 599. The number of carbonyl (C=O) groups excluding carboxylic acids is 1. The number of rotatable bonds is 1. The zero-order chi connectivity index (χ0) is 14.8. The van der Waals surface area contributed by atoms with Crippen LogP contribution in [0.4, 0.5) is 0 Å². The van der Waals surface area contributed by atoms with Gasteiger partial charge in [0.1, 0.15) is 0 Å². The number of hydrogen-bond acceptors (Lipinski definition) is 2. The highest BCUT2D eigenvalue weighted by molar-refractivity contribution is 5.97. The van der Waals surface area contributed by atoms with Crippen LogP contribution in [-0.4, -0.2) is 30.4 Å². The molecule has 3 nitrogen and oxygen atoms in total. The molecule has 3 heteroatoms. The van der Waals surface area contributed by atoms with E-state index in [2.05, 4.69) is 11.8 Å². The summed E-state index contributed by atoms with van der Waals surface area (Å²) < 4.78 is 0. The zero-order valence-electron chi connectivity index (χ0n) is 12.6. The molecule has 1 saturated carbocycles. The highest BCUT2D eigenvalue weighted by atomic mass is 16.2. The van der Waals surface area contributed by atoms with Crippen LogP contribution >= 0.6 is 0 Å². The maximum Gasteiger partial charge on any atom is 0.255 e. The van der Waals surface area contributed by atoms with Crippen molar-refractivity contribution >= 4 is 5.91 Å². The van der Waals surface area contributed by atoms with Crippen LogP contribution in [0.25, 0.3) is 0 Å². The summed E-state index contributed by atoms with van der Waals surface area (Å²) >= 11 is 0. The molecule has 2 N–H and O–H groups in total. The predicted molar refractivity (Wildman–Crippen MR) is 83.8 cm³/mol. The number of likely N-dealkylation sites (tertiary alicyclic amines) is 1. The lowest BCUT2D eigenvalue weighted by Gasteiger charge is -2.18. The number of nitrogens with zero attached hydrogens (tertiary/aromatic N) is 1. The number of aryl methyl sites for hydroxylation is 1. The van der Waals surface area contributed by atoms with Crippen LogP contribution in [0.15, 0.2) is 18.2 Å². The molecule has 2 aliphatic rings. The molecule has 1 saturated heterocycles. The minimum atomic E-state index is 0.134. The smallest absolute Gasteiger partial charge is 0.255 e. The Balaban J connectivity index is 1.85. The standard InChI is InChI=1S/C18H22N2O/c1-13-7-8-14(6-3-9-19)17(10-13)18(21)20-11-15-4-2-5-16(15)12-20/h7-8,10,15-16H,2,4-5,9,11-12,19H2,1H3. The van der Waals surface area contributed by atoms with Gasteiger partial charge in [-0.1, -0.05) is 29.9 Å². The first-order chi connectivity index (χ1) is 10.2. The summed E-state index contributed by atoms with van der Waals surface area (Å²) in [6, 6.07) is 5.88. The number of nitrogens with two attached hydrogens (primary N) is 1. The molecule has 2 unspecified atom stereocenters. The van der Waals surface area contributed by atoms with Crippen LogP contribution in [0, 0.1) is 30.6 Å². The van der Waals surface area contributed by atoms with Crippen LogP contribution in [-0.2, 0) is 0 Å². The molecule has 0 aromatic heterocycles. The molecule has 1 aromatic rings. The Morgan fingerprint density at radius 1 is 1.33 bits per heavy atom. The molecule has 3 rings (SSSR count). The van der Waals surface area contributed by atoms with Gasteiger partial charge in [-0.3, -0.25) is 4.79 Å². The first kappa shape index (κ1) is 14.2. The fourth-order valence-electron chi connectivity index (χ4n) is 3.66. The van der Waals surface area contributed by atoms with Gasteiger partial charge in [0.25, 0.3) is 5.91 Å². The maximum absolute atomic E-state index is 12.8. The Morgan fingerprint density at radius 3 is 2.71 bits per heavy atom. The molecule has 2 fully saturated rings. The van der Waals surface area contributed by atoms with Gasteiger partial charge >= 0.3 is 0 Å². The largest absolute Gasteiger partial charge is 0.338 e. The summed E-state index contributed by atoms with van der Waals surface area (Å²) in [5.41, 5.74) is 8.07. The van der Waals surface area contributed by atoms with E-state index in [4.69, 9.17) is 5.73 Å². The normalized spacial score (nSPS) is 23.6. The van der Waals surface area contributed by atoms with Crippen LogP contribution in [0.3, 0.4) is 0 Å². The van der Waals surface area contributed by atoms with E-state index in [1.165, 1.54) is 19.3 Å². The van der Waals surface area contributed by atoms with Gasteiger partial charge in [0, 0.05) is 18.7 Å². The van der Waals surface area contributed by atoms with Gasteiger partial charge in [-0.15, -0.1) is 0 Å². The second-order valence-electron chi connectivity index (χ2n) is 6.22. The van der Waals surface area contributed by atoms with Crippen molar-refractivity contribution in [3.8, 4) is 11.8 Å². The first-order valence-electron chi connectivity index (χ1n) is 7.78. The van der Waals surface area contributed by atoms with Crippen LogP contribution in [0.5, 0.6) is 0 Å². The van der Waals surface area contributed by atoms with Crippen molar-refractivity contribution in [2.24, 2.45) is 17.6 Å². The van der Waals surface area contributed by atoms with Crippen molar-refractivity contribution in [3.63, 3.8) is 0 Å². The molecule has 0 bridgehead atoms. The molecule has 2 atom stereocenters. The highest BCUT2D eigenvalue weighted by Crippen LogP contribution is 2.38. The molecule has 0 spiro atoms. The minimum absolute atomic E-state index is 0.134. The SMILES string of the molecule is Cc1ccc(C#CCN)c(C(=O)N2CC3CCCC3C2)c1. The maximum atomic E-state index is 12.8. The number of hydrogen-bond donors (Lipinski definition) is 1. The van der Waals surface area contributed by atoms with Gasteiger partial charge in [-0.25, -0.2) is 0 Å². The third-order valence-electron chi connectivity index (χ3n) is 4.74.